The van der Waals surface area contributed by atoms with Gasteiger partial charge in [0.1, 0.15) is 18.4 Å². The predicted molar refractivity (Wildman–Crippen MR) is 75.7 cm³/mol. The molecule has 0 saturated heterocycles. The lowest BCUT2D eigenvalue weighted by atomic mass is 10.2. The van der Waals surface area contributed by atoms with Gasteiger partial charge in [-0.05, 0) is 24.6 Å². The van der Waals surface area contributed by atoms with Crippen molar-refractivity contribution in [2.24, 2.45) is 5.73 Å². The molecule has 5 nitrogen and oxygen atoms in total. The van der Waals surface area contributed by atoms with Crippen molar-refractivity contribution < 1.29 is 14.3 Å². The molecule has 1 atom stereocenters. The lowest BCUT2D eigenvalue weighted by Crippen LogP contribution is -2.34. The molecule has 0 aromatic heterocycles. The molecule has 0 unspecified atom stereocenters. The minimum absolute atomic E-state index is 0.390. The first-order valence-electron chi connectivity index (χ1n) is 6.05. The largest absolute Gasteiger partial charge is 0.490 e. The molecule has 106 valence electrons. The predicted octanol–water partition coefficient (Wildman–Crippen LogP) is 2.04. The van der Waals surface area contributed by atoms with Crippen LogP contribution in [0.25, 0.3) is 0 Å². The summed E-state index contributed by atoms with van der Waals surface area (Å²) in [5.41, 5.74) is 6.00. The van der Waals surface area contributed by atoms with E-state index in [2.05, 4.69) is 5.32 Å². The molecule has 1 aromatic carbocycles. The number of benzene rings is 1. The van der Waals surface area contributed by atoms with Crippen LogP contribution in [0.5, 0.6) is 5.75 Å². The molecular formula is C13H19ClN2O3. The van der Waals surface area contributed by atoms with Gasteiger partial charge in [-0.1, -0.05) is 18.5 Å². The molecule has 1 aromatic rings. The molecule has 6 heteroatoms. The SMILES string of the molecule is CC[C@@H](Nc1ccc(OCCOC)c(Cl)c1)C(N)=O. The van der Waals surface area contributed by atoms with Crippen molar-refractivity contribution in [2.75, 3.05) is 25.6 Å². The Bertz CT molecular complexity index is 426. The maximum absolute atomic E-state index is 11.1. The van der Waals surface area contributed by atoms with Gasteiger partial charge in [0.05, 0.1) is 11.6 Å². The van der Waals surface area contributed by atoms with Gasteiger partial charge in [0.25, 0.3) is 0 Å². The normalized spacial score (nSPS) is 11.9. The Kier molecular flexibility index (Phi) is 6.45. The molecule has 19 heavy (non-hydrogen) atoms. The molecule has 0 spiro atoms. The number of primary amides is 1. The first kappa shape index (κ1) is 15.6. The Balaban J connectivity index is 2.67. The lowest BCUT2D eigenvalue weighted by molar-refractivity contribution is -0.118. The number of hydrogen-bond acceptors (Lipinski definition) is 4. The number of rotatable bonds is 8. The summed E-state index contributed by atoms with van der Waals surface area (Å²) in [6.07, 6.45) is 0.610. The van der Waals surface area contributed by atoms with Gasteiger partial charge >= 0.3 is 0 Å². The average Bonchev–Trinajstić information content (AvgIpc) is 2.38. The Hall–Kier alpha value is -1.46. The highest BCUT2D eigenvalue weighted by Crippen LogP contribution is 2.28. The molecule has 1 amide bonds. The van der Waals surface area contributed by atoms with Crippen LogP contribution in [0.4, 0.5) is 5.69 Å². The van der Waals surface area contributed by atoms with Crippen molar-refractivity contribution in [1.82, 2.24) is 0 Å². The van der Waals surface area contributed by atoms with Gasteiger partial charge < -0.3 is 20.5 Å². The fraction of sp³-hybridized carbons (Fsp3) is 0.462. The number of anilines is 1. The minimum atomic E-state index is -0.406. The van der Waals surface area contributed by atoms with Crippen molar-refractivity contribution in [3.05, 3.63) is 23.2 Å². The number of carbonyl (C=O) groups is 1. The Morgan fingerprint density at radius 1 is 1.47 bits per heavy atom. The standard InChI is InChI=1S/C13H19ClN2O3/c1-3-11(13(15)17)16-9-4-5-12(10(14)8-9)19-7-6-18-2/h4-5,8,11,16H,3,6-7H2,1-2H3,(H2,15,17)/t11-/m1/s1. The highest BCUT2D eigenvalue weighted by atomic mass is 35.5. The third-order valence-electron chi connectivity index (χ3n) is 2.57. The van der Waals surface area contributed by atoms with E-state index < -0.39 is 6.04 Å². The lowest BCUT2D eigenvalue weighted by Gasteiger charge is -2.16. The van der Waals surface area contributed by atoms with E-state index in [1.807, 2.05) is 6.92 Å². The van der Waals surface area contributed by atoms with Gasteiger partial charge in [-0.25, -0.2) is 0 Å². The molecular weight excluding hydrogens is 268 g/mol. The summed E-state index contributed by atoms with van der Waals surface area (Å²) < 4.78 is 10.3. The summed E-state index contributed by atoms with van der Waals surface area (Å²) in [6.45, 7) is 2.81. The van der Waals surface area contributed by atoms with Crippen LogP contribution < -0.4 is 15.8 Å². The maximum Gasteiger partial charge on any atom is 0.239 e. The second-order valence-corrected chi connectivity index (χ2v) is 4.40. The van der Waals surface area contributed by atoms with E-state index in [9.17, 15) is 4.79 Å². The van der Waals surface area contributed by atoms with Crippen LogP contribution >= 0.6 is 11.6 Å². The topological polar surface area (TPSA) is 73.6 Å². The fourth-order valence-electron chi connectivity index (χ4n) is 1.52. The Morgan fingerprint density at radius 3 is 2.74 bits per heavy atom. The number of methoxy groups -OCH3 is 1. The van der Waals surface area contributed by atoms with Crippen molar-refractivity contribution in [2.45, 2.75) is 19.4 Å². The molecule has 0 heterocycles. The van der Waals surface area contributed by atoms with Crippen LogP contribution in [0.15, 0.2) is 18.2 Å². The fourth-order valence-corrected chi connectivity index (χ4v) is 1.75. The van der Waals surface area contributed by atoms with E-state index in [1.165, 1.54) is 0 Å². The molecule has 3 N–H and O–H groups in total. The van der Waals surface area contributed by atoms with E-state index in [0.29, 0.717) is 30.4 Å². The summed E-state index contributed by atoms with van der Waals surface area (Å²) in [5, 5.41) is 3.50. The summed E-state index contributed by atoms with van der Waals surface area (Å²) in [4.78, 5) is 11.1. The van der Waals surface area contributed by atoms with Gasteiger partial charge in [0.15, 0.2) is 0 Å². The second kappa shape index (κ2) is 7.86. The Morgan fingerprint density at radius 2 is 2.21 bits per heavy atom. The van der Waals surface area contributed by atoms with Crippen molar-refractivity contribution in [3.63, 3.8) is 0 Å². The smallest absolute Gasteiger partial charge is 0.239 e. The van der Waals surface area contributed by atoms with Crippen LogP contribution in [0, 0.1) is 0 Å². The molecule has 0 fully saturated rings. The van der Waals surface area contributed by atoms with Crippen LogP contribution in [-0.4, -0.2) is 32.3 Å². The van der Waals surface area contributed by atoms with Crippen molar-refractivity contribution >= 4 is 23.2 Å². The number of halogens is 1. The number of nitrogens with two attached hydrogens (primary N) is 1. The van der Waals surface area contributed by atoms with Gasteiger partial charge in [-0.2, -0.15) is 0 Å². The van der Waals surface area contributed by atoms with Gasteiger partial charge in [0, 0.05) is 12.8 Å². The first-order valence-corrected chi connectivity index (χ1v) is 6.43. The second-order valence-electron chi connectivity index (χ2n) is 3.99. The Labute approximate surface area is 118 Å². The van der Waals surface area contributed by atoms with E-state index in [4.69, 9.17) is 26.8 Å². The van der Waals surface area contributed by atoms with Crippen LogP contribution in [-0.2, 0) is 9.53 Å². The third kappa shape index (κ3) is 4.96. The van der Waals surface area contributed by atoms with Crippen molar-refractivity contribution in [3.8, 4) is 5.75 Å². The summed E-state index contributed by atoms with van der Waals surface area (Å²) >= 11 is 6.09. The summed E-state index contributed by atoms with van der Waals surface area (Å²) in [6, 6.07) is 4.83. The first-order chi connectivity index (χ1) is 9.08. The van der Waals surface area contributed by atoms with E-state index in [0.717, 1.165) is 5.69 Å². The van der Waals surface area contributed by atoms with Gasteiger partial charge in [-0.3, -0.25) is 4.79 Å². The highest BCUT2D eigenvalue weighted by molar-refractivity contribution is 6.32. The molecule has 1 rings (SSSR count). The maximum atomic E-state index is 11.1. The van der Waals surface area contributed by atoms with E-state index >= 15 is 0 Å². The van der Waals surface area contributed by atoms with Gasteiger partial charge in [0.2, 0.25) is 5.91 Å². The zero-order chi connectivity index (χ0) is 14.3. The number of carbonyl (C=O) groups excluding carboxylic acids is 1. The molecule has 0 aliphatic carbocycles. The quantitative estimate of drug-likeness (QED) is 0.717. The molecule has 0 radical (unpaired) electrons. The molecule has 0 aliphatic rings. The number of amides is 1. The summed E-state index contributed by atoms with van der Waals surface area (Å²) in [7, 11) is 1.60. The minimum Gasteiger partial charge on any atom is -0.490 e. The molecule has 0 aliphatic heterocycles. The average molecular weight is 287 g/mol. The van der Waals surface area contributed by atoms with E-state index in [-0.39, 0.29) is 5.91 Å². The monoisotopic (exact) mass is 286 g/mol. The third-order valence-corrected chi connectivity index (χ3v) is 2.86. The number of ether oxygens (including phenoxy) is 2. The molecule has 0 saturated carbocycles. The zero-order valence-corrected chi connectivity index (χ0v) is 11.9. The van der Waals surface area contributed by atoms with E-state index in [1.54, 1.807) is 25.3 Å². The zero-order valence-electron chi connectivity index (χ0n) is 11.1. The highest BCUT2D eigenvalue weighted by Gasteiger charge is 2.13. The summed E-state index contributed by atoms with van der Waals surface area (Å²) in [5.74, 6) is 0.190. The van der Waals surface area contributed by atoms with Crippen molar-refractivity contribution in [1.29, 1.82) is 0 Å². The van der Waals surface area contributed by atoms with Crippen LogP contribution in [0.1, 0.15) is 13.3 Å². The van der Waals surface area contributed by atoms with Crippen LogP contribution in [0.2, 0.25) is 5.02 Å². The number of nitrogens with one attached hydrogen (secondary N) is 1. The molecule has 0 bridgehead atoms. The van der Waals surface area contributed by atoms with Gasteiger partial charge in [-0.15, -0.1) is 0 Å². The number of hydrogen-bond donors (Lipinski definition) is 2. The van der Waals surface area contributed by atoms with Crippen LogP contribution in [0.3, 0.4) is 0 Å².